The second-order valence-electron chi connectivity index (χ2n) is 2.61. The molecule has 0 fully saturated rings. The zero-order valence-electron chi connectivity index (χ0n) is 6.12. The molecule has 0 radical (unpaired) electrons. The molecule has 0 aromatic heterocycles. The Hall–Kier alpha value is -0.760. The Morgan fingerprint density at radius 2 is 2.27 bits per heavy atom. The van der Waals surface area contributed by atoms with E-state index in [2.05, 4.69) is 0 Å². The van der Waals surface area contributed by atoms with Gasteiger partial charge < -0.3 is 5.11 Å². The van der Waals surface area contributed by atoms with Gasteiger partial charge in [0.15, 0.2) is 4.87 Å². The van der Waals surface area contributed by atoms with Gasteiger partial charge in [-0.05, 0) is 0 Å². The lowest BCUT2D eigenvalue weighted by Crippen LogP contribution is -2.37. The molecule has 0 spiro atoms. The molecule has 3 heteroatoms. The highest BCUT2D eigenvalue weighted by Crippen LogP contribution is 2.31. The molecule has 1 aliphatic rings. The van der Waals surface area contributed by atoms with E-state index in [4.69, 9.17) is 16.7 Å². The third kappa shape index (κ3) is 1.31. The van der Waals surface area contributed by atoms with Crippen LogP contribution in [0.2, 0.25) is 0 Å². The number of halogens is 1. The molecule has 0 heterocycles. The van der Waals surface area contributed by atoms with Gasteiger partial charge in [-0.2, -0.15) is 0 Å². The largest absolute Gasteiger partial charge is 0.480 e. The summed E-state index contributed by atoms with van der Waals surface area (Å²) in [6, 6.07) is 0. The molecule has 0 aromatic rings. The third-order valence-electron chi connectivity index (χ3n) is 1.84. The van der Waals surface area contributed by atoms with Crippen LogP contribution in [-0.4, -0.2) is 16.0 Å². The number of carbonyl (C=O) groups is 1. The van der Waals surface area contributed by atoms with E-state index in [1.807, 2.05) is 0 Å². The van der Waals surface area contributed by atoms with E-state index in [0.29, 0.717) is 0 Å². The molecule has 60 valence electrons. The first-order chi connectivity index (χ1) is 5.07. The van der Waals surface area contributed by atoms with Crippen molar-refractivity contribution in [2.24, 2.45) is 5.92 Å². The van der Waals surface area contributed by atoms with Crippen LogP contribution in [0.25, 0.3) is 0 Å². The van der Waals surface area contributed by atoms with Crippen molar-refractivity contribution in [2.75, 3.05) is 0 Å². The number of aliphatic carboxylic acids is 1. The van der Waals surface area contributed by atoms with Crippen molar-refractivity contribution >= 4 is 17.6 Å². The van der Waals surface area contributed by atoms with Gasteiger partial charge in [0.25, 0.3) is 0 Å². The molecule has 0 saturated heterocycles. The molecule has 1 N–H and O–H groups in total. The van der Waals surface area contributed by atoms with Crippen LogP contribution in [0.5, 0.6) is 0 Å². The summed E-state index contributed by atoms with van der Waals surface area (Å²) in [7, 11) is 0. The van der Waals surface area contributed by atoms with E-state index in [1.54, 1.807) is 25.2 Å². The first-order valence-corrected chi connectivity index (χ1v) is 3.73. The van der Waals surface area contributed by atoms with Crippen LogP contribution in [0.3, 0.4) is 0 Å². The number of hydrogen-bond donors (Lipinski definition) is 1. The maximum Gasteiger partial charge on any atom is 0.329 e. The third-order valence-corrected chi connectivity index (χ3v) is 2.47. The van der Waals surface area contributed by atoms with Crippen molar-refractivity contribution < 1.29 is 9.90 Å². The van der Waals surface area contributed by atoms with Crippen LogP contribution in [-0.2, 0) is 4.79 Å². The van der Waals surface area contributed by atoms with Crippen LogP contribution in [0.15, 0.2) is 24.3 Å². The highest BCUT2D eigenvalue weighted by molar-refractivity contribution is 6.35. The number of hydrogen-bond acceptors (Lipinski definition) is 1. The maximum absolute atomic E-state index is 10.7. The molecule has 1 aliphatic carbocycles. The Kier molecular flexibility index (Phi) is 2.05. The summed E-state index contributed by atoms with van der Waals surface area (Å²) in [5, 5.41) is 8.75. The van der Waals surface area contributed by atoms with Gasteiger partial charge in [-0.3, -0.25) is 0 Å². The van der Waals surface area contributed by atoms with Crippen LogP contribution < -0.4 is 0 Å². The Morgan fingerprint density at radius 1 is 1.64 bits per heavy atom. The van der Waals surface area contributed by atoms with Crippen LogP contribution >= 0.6 is 11.6 Å². The zero-order chi connectivity index (χ0) is 8.48. The predicted octanol–water partition coefficient (Wildman–Crippen LogP) is 1.81. The molecule has 2 unspecified atom stereocenters. The van der Waals surface area contributed by atoms with Crippen LogP contribution in [0.4, 0.5) is 0 Å². The minimum absolute atomic E-state index is 0.160. The maximum atomic E-state index is 10.7. The second kappa shape index (κ2) is 2.70. The molecule has 0 bridgehead atoms. The molecule has 2 nitrogen and oxygen atoms in total. The van der Waals surface area contributed by atoms with Crippen molar-refractivity contribution in [2.45, 2.75) is 11.8 Å². The standard InChI is InChI=1S/C8H9ClO2/c1-6-4-2-3-5-8(6,9)7(10)11/h2-6H,1H3,(H,10,11). The summed E-state index contributed by atoms with van der Waals surface area (Å²) < 4.78 is 0. The first-order valence-electron chi connectivity index (χ1n) is 3.35. The van der Waals surface area contributed by atoms with Crippen molar-refractivity contribution in [3.63, 3.8) is 0 Å². The first kappa shape index (κ1) is 8.34. The molecule has 0 amide bonds. The summed E-state index contributed by atoms with van der Waals surface area (Å²) in [5.41, 5.74) is 0. The lowest BCUT2D eigenvalue weighted by molar-refractivity contribution is -0.139. The van der Waals surface area contributed by atoms with E-state index in [-0.39, 0.29) is 5.92 Å². The molecule has 2 atom stereocenters. The average molecular weight is 173 g/mol. The smallest absolute Gasteiger partial charge is 0.329 e. The minimum atomic E-state index is -1.24. The van der Waals surface area contributed by atoms with Gasteiger partial charge in [-0.25, -0.2) is 4.79 Å². The number of carboxylic acids is 1. The lowest BCUT2D eigenvalue weighted by Gasteiger charge is -2.25. The monoisotopic (exact) mass is 172 g/mol. The van der Waals surface area contributed by atoms with Crippen molar-refractivity contribution in [1.82, 2.24) is 0 Å². The summed E-state index contributed by atoms with van der Waals surface area (Å²) in [6.45, 7) is 1.78. The van der Waals surface area contributed by atoms with Crippen LogP contribution in [0.1, 0.15) is 6.92 Å². The van der Waals surface area contributed by atoms with Crippen molar-refractivity contribution in [3.8, 4) is 0 Å². The molecule has 1 rings (SSSR count). The number of alkyl halides is 1. The van der Waals surface area contributed by atoms with E-state index in [9.17, 15) is 4.79 Å². The quantitative estimate of drug-likeness (QED) is 0.613. The highest BCUT2D eigenvalue weighted by Gasteiger charge is 2.38. The fourth-order valence-corrected chi connectivity index (χ4v) is 1.13. The minimum Gasteiger partial charge on any atom is -0.480 e. The summed E-state index contributed by atoms with van der Waals surface area (Å²) in [5.74, 6) is -1.15. The van der Waals surface area contributed by atoms with E-state index < -0.39 is 10.8 Å². The molecule has 0 aliphatic heterocycles. The Balaban J connectivity index is 2.94. The Morgan fingerprint density at radius 3 is 2.64 bits per heavy atom. The van der Waals surface area contributed by atoms with Gasteiger partial charge in [0.05, 0.1) is 0 Å². The fourth-order valence-electron chi connectivity index (χ4n) is 0.984. The zero-order valence-corrected chi connectivity index (χ0v) is 6.88. The van der Waals surface area contributed by atoms with E-state index in [1.165, 1.54) is 6.08 Å². The molecular weight excluding hydrogens is 164 g/mol. The Labute approximate surface area is 70.2 Å². The SMILES string of the molecule is CC1C=CC=CC1(Cl)C(=O)O. The van der Waals surface area contributed by atoms with E-state index in [0.717, 1.165) is 0 Å². The lowest BCUT2D eigenvalue weighted by atomic mass is 9.89. The average Bonchev–Trinajstić information content (AvgIpc) is 1.95. The van der Waals surface area contributed by atoms with Gasteiger partial charge in [0.1, 0.15) is 0 Å². The molecule has 0 aromatic carbocycles. The van der Waals surface area contributed by atoms with Crippen LogP contribution in [0, 0.1) is 5.92 Å². The van der Waals surface area contributed by atoms with Gasteiger partial charge in [-0.1, -0.05) is 31.2 Å². The molecule has 0 saturated carbocycles. The summed E-state index contributed by atoms with van der Waals surface area (Å²) in [6.07, 6.45) is 6.73. The molecule has 11 heavy (non-hydrogen) atoms. The second-order valence-corrected chi connectivity index (χ2v) is 3.23. The number of carboxylic acid groups (broad SMARTS) is 1. The summed E-state index contributed by atoms with van der Waals surface area (Å²) >= 11 is 5.82. The Bertz CT molecular complexity index is 232. The van der Waals surface area contributed by atoms with Crippen molar-refractivity contribution in [1.29, 1.82) is 0 Å². The van der Waals surface area contributed by atoms with Gasteiger partial charge in [0.2, 0.25) is 0 Å². The fraction of sp³-hybridized carbons (Fsp3) is 0.375. The number of allylic oxidation sites excluding steroid dienone is 3. The van der Waals surface area contributed by atoms with Gasteiger partial charge in [0, 0.05) is 5.92 Å². The number of rotatable bonds is 1. The van der Waals surface area contributed by atoms with Gasteiger partial charge >= 0.3 is 5.97 Å². The normalized spacial score (nSPS) is 35.6. The molecular formula is C8H9ClO2. The van der Waals surface area contributed by atoms with Crippen molar-refractivity contribution in [3.05, 3.63) is 24.3 Å². The van der Waals surface area contributed by atoms with Gasteiger partial charge in [-0.15, -0.1) is 11.6 Å². The topological polar surface area (TPSA) is 37.3 Å². The van der Waals surface area contributed by atoms with E-state index >= 15 is 0 Å². The highest BCUT2D eigenvalue weighted by atomic mass is 35.5. The summed E-state index contributed by atoms with van der Waals surface area (Å²) in [4.78, 5) is 9.43. The predicted molar refractivity (Wildman–Crippen MR) is 43.7 cm³/mol.